The number of likely N-dealkylation sites (tertiary alicyclic amines) is 1. The minimum atomic E-state index is -0.220. The molecule has 1 aliphatic rings. The Morgan fingerprint density at radius 3 is 2.29 bits per heavy atom. The molecule has 0 spiro atoms. The van der Waals surface area contributed by atoms with Crippen LogP contribution in [0.15, 0.2) is 0 Å². The van der Waals surface area contributed by atoms with Crippen molar-refractivity contribution in [3.05, 3.63) is 0 Å². The van der Waals surface area contributed by atoms with Crippen molar-refractivity contribution in [2.45, 2.75) is 65.1 Å². The molecule has 0 bridgehead atoms. The molecule has 102 valence electrons. The molecule has 0 saturated carbocycles. The van der Waals surface area contributed by atoms with E-state index < -0.39 is 0 Å². The normalized spacial score (nSPS) is 24.5. The highest BCUT2D eigenvalue weighted by molar-refractivity contribution is 4.82. The van der Waals surface area contributed by atoms with E-state index in [0.29, 0.717) is 12.1 Å². The first-order valence-corrected chi connectivity index (χ1v) is 7.21. The average molecular weight is 242 g/mol. The van der Waals surface area contributed by atoms with E-state index in [1.807, 2.05) is 6.92 Å². The van der Waals surface area contributed by atoms with Gasteiger partial charge in [-0.15, -0.1) is 0 Å². The van der Waals surface area contributed by atoms with E-state index in [1.165, 1.54) is 19.3 Å². The lowest BCUT2D eigenvalue weighted by Gasteiger charge is -2.39. The van der Waals surface area contributed by atoms with Crippen LogP contribution in [0.1, 0.15) is 47.0 Å². The van der Waals surface area contributed by atoms with E-state index in [9.17, 15) is 5.11 Å². The molecule has 0 radical (unpaired) electrons. The molecule has 17 heavy (non-hydrogen) atoms. The van der Waals surface area contributed by atoms with Gasteiger partial charge in [-0.05, 0) is 65.6 Å². The largest absolute Gasteiger partial charge is 0.392 e. The molecular formula is C14H30N2O. The van der Waals surface area contributed by atoms with E-state index >= 15 is 0 Å². The van der Waals surface area contributed by atoms with Crippen molar-refractivity contribution in [1.29, 1.82) is 0 Å². The zero-order valence-electron chi connectivity index (χ0n) is 11.9. The van der Waals surface area contributed by atoms with E-state index in [4.69, 9.17) is 0 Å². The Morgan fingerprint density at radius 2 is 1.82 bits per heavy atom. The smallest absolute Gasteiger partial charge is 0.0664 e. The van der Waals surface area contributed by atoms with Crippen LogP contribution in [-0.2, 0) is 0 Å². The minimum Gasteiger partial charge on any atom is -0.392 e. The van der Waals surface area contributed by atoms with Crippen molar-refractivity contribution in [2.24, 2.45) is 5.92 Å². The fourth-order valence-corrected chi connectivity index (χ4v) is 2.67. The van der Waals surface area contributed by atoms with Gasteiger partial charge in [0.1, 0.15) is 0 Å². The molecule has 3 atom stereocenters. The second kappa shape index (κ2) is 7.34. The van der Waals surface area contributed by atoms with Gasteiger partial charge in [-0.25, -0.2) is 0 Å². The predicted octanol–water partition coefficient (Wildman–Crippen LogP) is 1.86. The van der Waals surface area contributed by atoms with Gasteiger partial charge < -0.3 is 10.4 Å². The number of piperidine rings is 1. The van der Waals surface area contributed by atoms with Crippen molar-refractivity contribution >= 4 is 0 Å². The van der Waals surface area contributed by atoms with Crippen LogP contribution in [0.25, 0.3) is 0 Å². The number of hydrogen-bond donors (Lipinski definition) is 2. The van der Waals surface area contributed by atoms with Crippen LogP contribution >= 0.6 is 0 Å². The Kier molecular flexibility index (Phi) is 6.45. The molecule has 0 aliphatic carbocycles. The monoisotopic (exact) mass is 242 g/mol. The SMILES string of the molecule is CCCNC(C)C1CCN(C(C)C(C)O)CC1. The Balaban J connectivity index is 2.30. The van der Waals surface area contributed by atoms with E-state index in [2.05, 4.69) is 31.0 Å². The molecule has 0 aromatic rings. The van der Waals surface area contributed by atoms with Gasteiger partial charge in [0.25, 0.3) is 0 Å². The topological polar surface area (TPSA) is 35.5 Å². The first-order valence-electron chi connectivity index (χ1n) is 7.21. The third kappa shape index (κ3) is 4.57. The maximum absolute atomic E-state index is 9.61. The highest BCUT2D eigenvalue weighted by atomic mass is 16.3. The Morgan fingerprint density at radius 1 is 1.24 bits per heavy atom. The van der Waals surface area contributed by atoms with Crippen molar-refractivity contribution in [3.63, 3.8) is 0 Å². The maximum atomic E-state index is 9.61. The molecule has 3 heteroatoms. The van der Waals surface area contributed by atoms with E-state index in [0.717, 1.165) is 25.6 Å². The summed E-state index contributed by atoms with van der Waals surface area (Å²) >= 11 is 0. The van der Waals surface area contributed by atoms with Gasteiger partial charge in [0.05, 0.1) is 6.10 Å². The summed E-state index contributed by atoms with van der Waals surface area (Å²) in [7, 11) is 0. The summed E-state index contributed by atoms with van der Waals surface area (Å²) in [5.74, 6) is 0.805. The van der Waals surface area contributed by atoms with Gasteiger partial charge in [-0.2, -0.15) is 0 Å². The van der Waals surface area contributed by atoms with Gasteiger partial charge in [-0.3, -0.25) is 4.90 Å². The fourth-order valence-electron chi connectivity index (χ4n) is 2.67. The number of nitrogens with one attached hydrogen (secondary N) is 1. The minimum absolute atomic E-state index is 0.220. The summed E-state index contributed by atoms with van der Waals surface area (Å²) in [5.41, 5.74) is 0. The number of aliphatic hydroxyl groups is 1. The van der Waals surface area contributed by atoms with Gasteiger partial charge in [0.15, 0.2) is 0 Å². The Hall–Kier alpha value is -0.120. The van der Waals surface area contributed by atoms with Crippen LogP contribution in [0.5, 0.6) is 0 Å². The molecule has 0 aromatic heterocycles. The van der Waals surface area contributed by atoms with Crippen molar-refractivity contribution in [1.82, 2.24) is 10.2 Å². The molecule has 1 fully saturated rings. The Labute approximate surface area is 107 Å². The van der Waals surface area contributed by atoms with Crippen molar-refractivity contribution in [3.8, 4) is 0 Å². The molecule has 1 aliphatic heterocycles. The highest BCUT2D eigenvalue weighted by Crippen LogP contribution is 2.22. The number of nitrogens with zero attached hydrogens (tertiary/aromatic N) is 1. The second-order valence-electron chi connectivity index (χ2n) is 5.60. The summed E-state index contributed by atoms with van der Waals surface area (Å²) in [6.07, 6.45) is 3.51. The molecular weight excluding hydrogens is 212 g/mol. The van der Waals surface area contributed by atoms with Crippen LogP contribution in [0.4, 0.5) is 0 Å². The summed E-state index contributed by atoms with van der Waals surface area (Å²) in [6, 6.07) is 0.939. The summed E-state index contributed by atoms with van der Waals surface area (Å²) in [6.45, 7) is 11.9. The molecule has 2 N–H and O–H groups in total. The van der Waals surface area contributed by atoms with Crippen LogP contribution in [0.2, 0.25) is 0 Å². The zero-order chi connectivity index (χ0) is 12.8. The fraction of sp³-hybridized carbons (Fsp3) is 1.00. The number of hydrogen-bond acceptors (Lipinski definition) is 3. The van der Waals surface area contributed by atoms with Crippen molar-refractivity contribution < 1.29 is 5.11 Å². The van der Waals surface area contributed by atoms with Crippen LogP contribution < -0.4 is 5.32 Å². The first-order chi connectivity index (χ1) is 8.06. The lowest BCUT2D eigenvalue weighted by Crippen LogP contribution is -2.48. The molecule has 1 rings (SSSR count). The first kappa shape index (κ1) is 14.9. The summed E-state index contributed by atoms with van der Waals surface area (Å²) in [4.78, 5) is 2.42. The molecule has 0 aromatic carbocycles. The van der Waals surface area contributed by atoms with Crippen LogP contribution in [-0.4, -0.2) is 47.8 Å². The zero-order valence-corrected chi connectivity index (χ0v) is 11.9. The van der Waals surface area contributed by atoms with Crippen molar-refractivity contribution in [2.75, 3.05) is 19.6 Å². The standard InChI is InChI=1S/C14H30N2O/c1-5-8-15-11(2)14-6-9-16(10-7-14)12(3)13(4)17/h11-15,17H,5-10H2,1-4H3. The maximum Gasteiger partial charge on any atom is 0.0664 e. The van der Waals surface area contributed by atoms with Gasteiger partial charge in [0, 0.05) is 12.1 Å². The molecule has 3 nitrogen and oxygen atoms in total. The third-order valence-electron chi connectivity index (χ3n) is 4.27. The van der Waals surface area contributed by atoms with E-state index in [-0.39, 0.29) is 6.10 Å². The lowest BCUT2D eigenvalue weighted by atomic mass is 9.89. The Bertz CT molecular complexity index is 200. The number of aliphatic hydroxyl groups excluding tert-OH is 1. The second-order valence-corrected chi connectivity index (χ2v) is 5.60. The van der Waals surface area contributed by atoms with Gasteiger partial charge in [-0.1, -0.05) is 6.92 Å². The average Bonchev–Trinajstić information content (AvgIpc) is 2.35. The highest BCUT2D eigenvalue weighted by Gasteiger charge is 2.27. The third-order valence-corrected chi connectivity index (χ3v) is 4.27. The summed E-state index contributed by atoms with van der Waals surface area (Å²) < 4.78 is 0. The van der Waals surface area contributed by atoms with Crippen LogP contribution in [0, 0.1) is 5.92 Å². The molecule has 1 heterocycles. The van der Waals surface area contributed by atoms with E-state index in [1.54, 1.807) is 0 Å². The molecule has 1 saturated heterocycles. The quantitative estimate of drug-likeness (QED) is 0.746. The van der Waals surface area contributed by atoms with Gasteiger partial charge >= 0.3 is 0 Å². The predicted molar refractivity (Wildman–Crippen MR) is 73.2 cm³/mol. The van der Waals surface area contributed by atoms with Crippen LogP contribution in [0.3, 0.4) is 0 Å². The number of rotatable bonds is 6. The van der Waals surface area contributed by atoms with Gasteiger partial charge in [0.2, 0.25) is 0 Å². The molecule has 3 unspecified atom stereocenters. The lowest BCUT2D eigenvalue weighted by molar-refractivity contribution is 0.0440. The summed E-state index contributed by atoms with van der Waals surface area (Å²) in [5, 5.41) is 13.2. The molecule has 0 amide bonds.